The topological polar surface area (TPSA) is 51.4 Å². The second-order valence-corrected chi connectivity index (χ2v) is 3.76. The Morgan fingerprint density at radius 2 is 2.06 bits per heavy atom. The first-order valence-corrected chi connectivity index (χ1v) is 5.48. The molecule has 0 atom stereocenters. The van der Waals surface area contributed by atoms with Gasteiger partial charge in [0.25, 0.3) is 0 Å². The van der Waals surface area contributed by atoms with Crippen LogP contribution in [0.15, 0.2) is 12.1 Å². The van der Waals surface area contributed by atoms with Gasteiger partial charge in [-0.05, 0) is 19.1 Å². The minimum atomic E-state index is -4.42. The number of hydrogen-bond donors (Lipinski definition) is 1. The van der Waals surface area contributed by atoms with E-state index in [0.717, 1.165) is 12.1 Å². The molecule has 0 spiro atoms. The van der Waals surface area contributed by atoms with E-state index in [4.69, 9.17) is 10.5 Å². The van der Waals surface area contributed by atoms with Crippen LogP contribution in [0.4, 0.5) is 24.8 Å². The SMILES string of the molecule is CCOCCN(C)c1cc(C(F)(F)F)cc(N)n1. The van der Waals surface area contributed by atoms with E-state index in [9.17, 15) is 13.2 Å². The molecule has 1 rings (SSSR count). The molecule has 1 aromatic rings. The number of likely N-dealkylation sites (N-methyl/N-ethyl adjacent to an activating group) is 1. The molecule has 1 heterocycles. The standard InChI is InChI=1S/C11H16F3N3O/c1-3-18-5-4-17(2)10-7-8(11(12,13)14)6-9(15)16-10/h6-7H,3-5H2,1-2H3,(H2,15,16). The van der Waals surface area contributed by atoms with Crippen LogP contribution < -0.4 is 10.6 Å². The van der Waals surface area contributed by atoms with Crippen LogP contribution in [0.25, 0.3) is 0 Å². The van der Waals surface area contributed by atoms with Gasteiger partial charge in [-0.2, -0.15) is 13.2 Å². The van der Waals surface area contributed by atoms with Crippen molar-refractivity contribution in [2.75, 3.05) is 37.4 Å². The number of nitrogens with two attached hydrogens (primary N) is 1. The zero-order chi connectivity index (χ0) is 13.8. The van der Waals surface area contributed by atoms with Crippen molar-refractivity contribution in [1.29, 1.82) is 0 Å². The number of aromatic nitrogens is 1. The van der Waals surface area contributed by atoms with Crippen LogP contribution in [0.5, 0.6) is 0 Å². The highest BCUT2D eigenvalue weighted by molar-refractivity contribution is 5.48. The lowest BCUT2D eigenvalue weighted by atomic mass is 10.2. The molecule has 102 valence electrons. The summed E-state index contributed by atoms with van der Waals surface area (Å²) in [5, 5.41) is 0. The van der Waals surface area contributed by atoms with E-state index in [0.29, 0.717) is 19.8 Å². The van der Waals surface area contributed by atoms with Gasteiger partial charge in [-0.1, -0.05) is 0 Å². The molecule has 0 aliphatic heterocycles. The van der Waals surface area contributed by atoms with E-state index in [1.54, 1.807) is 11.9 Å². The van der Waals surface area contributed by atoms with Gasteiger partial charge in [0.1, 0.15) is 11.6 Å². The molecule has 0 unspecified atom stereocenters. The van der Waals surface area contributed by atoms with Gasteiger partial charge in [-0.3, -0.25) is 0 Å². The van der Waals surface area contributed by atoms with Gasteiger partial charge in [0.2, 0.25) is 0 Å². The van der Waals surface area contributed by atoms with Crippen molar-refractivity contribution in [3.8, 4) is 0 Å². The highest BCUT2D eigenvalue weighted by atomic mass is 19.4. The first-order chi connectivity index (χ1) is 8.34. The normalized spacial score (nSPS) is 11.6. The molecular weight excluding hydrogens is 247 g/mol. The first-order valence-electron chi connectivity index (χ1n) is 5.48. The lowest BCUT2D eigenvalue weighted by Gasteiger charge is -2.19. The Balaban J connectivity index is 2.85. The fraction of sp³-hybridized carbons (Fsp3) is 0.545. The fourth-order valence-corrected chi connectivity index (χ4v) is 1.36. The number of ether oxygens (including phenoxy) is 1. The van der Waals surface area contributed by atoms with E-state index in [2.05, 4.69) is 4.98 Å². The zero-order valence-electron chi connectivity index (χ0n) is 10.3. The number of halogens is 3. The summed E-state index contributed by atoms with van der Waals surface area (Å²) in [4.78, 5) is 5.44. The van der Waals surface area contributed by atoms with Gasteiger partial charge in [-0.15, -0.1) is 0 Å². The Labute approximate surface area is 104 Å². The molecular formula is C11H16F3N3O. The summed E-state index contributed by atoms with van der Waals surface area (Å²) in [6.07, 6.45) is -4.42. The van der Waals surface area contributed by atoms with Crippen LogP contribution in [0.2, 0.25) is 0 Å². The lowest BCUT2D eigenvalue weighted by molar-refractivity contribution is -0.137. The summed E-state index contributed by atoms with van der Waals surface area (Å²) in [5.41, 5.74) is 4.58. The van der Waals surface area contributed by atoms with E-state index < -0.39 is 11.7 Å². The molecule has 0 radical (unpaired) electrons. The predicted molar refractivity (Wildman–Crippen MR) is 63.4 cm³/mol. The Morgan fingerprint density at radius 1 is 1.39 bits per heavy atom. The molecule has 0 saturated carbocycles. The van der Waals surface area contributed by atoms with E-state index in [1.807, 2.05) is 6.92 Å². The molecule has 0 aliphatic carbocycles. The Hall–Kier alpha value is -1.50. The van der Waals surface area contributed by atoms with E-state index in [1.165, 1.54) is 0 Å². The van der Waals surface area contributed by atoms with Crippen molar-refractivity contribution in [2.45, 2.75) is 13.1 Å². The van der Waals surface area contributed by atoms with E-state index in [-0.39, 0.29) is 11.6 Å². The third-order valence-electron chi connectivity index (χ3n) is 2.33. The van der Waals surface area contributed by atoms with Crippen molar-refractivity contribution in [3.05, 3.63) is 17.7 Å². The van der Waals surface area contributed by atoms with Crippen molar-refractivity contribution in [2.24, 2.45) is 0 Å². The summed E-state index contributed by atoms with van der Waals surface area (Å²) in [6, 6.07) is 1.79. The van der Waals surface area contributed by atoms with Crippen LogP contribution in [0.3, 0.4) is 0 Å². The quantitative estimate of drug-likeness (QED) is 0.827. The van der Waals surface area contributed by atoms with Crippen LogP contribution in [-0.2, 0) is 10.9 Å². The number of pyridine rings is 1. The zero-order valence-corrected chi connectivity index (χ0v) is 10.3. The number of rotatable bonds is 5. The highest BCUT2D eigenvalue weighted by Gasteiger charge is 2.31. The number of alkyl halides is 3. The van der Waals surface area contributed by atoms with Gasteiger partial charge in [-0.25, -0.2) is 4.98 Å². The molecule has 0 aromatic carbocycles. The molecule has 0 bridgehead atoms. The number of hydrogen-bond acceptors (Lipinski definition) is 4. The second kappa shape index (κ2) is 5.90. The minimum Gasteiger partial charge on any atom is -0.384 e. The molecule has 0 amide bonds. The molecule has 0 saturated heterocycles. The Bertz CT molecular complexity index is 396. The molecule has 1 aromatic heterocycles. The van der Waals surface area contributed by atoms with Crippen molar-refractivity contribution < 1.29 is 17.9 Å². The van der Waals surface area contributed by atoms with Crippen LogP contribution >= 0.6 is 0 Å². The third kappa shape index (κ3) is 4.06. The molecule has 7 heteroatoms. The van der Waals surface area contributed by atoms with Crippen molar-refractivity contribution in [1.82, 2.24) is 4.98 Å². The minimum absolute atomic E-state index is 0.150. The Morgan fingerprint density at radius 3 is 2.61 bits per heavy atom. The summed E-state index contributed by atoms with van der Waals surface area (Å²) in [5.74, 6) is 0.0325. The maximum atomic E-state index is 12.6. The smallest absolute Gasteiger partial charge is 0.384 e. The molecule has 4 nitrogen and oxygen atoms in total. The maximum absolute atomic E-state index is 12.6. The Kier molecular flexibility index (Phi) is 4.77. The van der Waals surface area contributed by atoms with E-state index >= 15 is 0 Å². The van der Waals surface area contributed by atoms with Crippen LogP contribution in [-0.4, -0.2) is 31.8 Å². The number of nitrogen functional groups attached to an aromatic ring is 1. The average molecular weight is 263 g/mol. The third-order valence-corrected chi connectivity index (χ3v) is 2.33. The summed E-state index contributed by atoms with van der Waals surface area (Å²) >= 11 is 0. The molecule has 18 heavy (non-hydrogen) atoms. The molecule has 0 fully saturated rings. The van der Waals surface area contributed by atoms with Crippen LogP contribution in [0, 0.1) is 0 Å². The summed E-state index contributed by atoms with van der Waals surface area (Å²) in [7, 11) is 1.64. The molecule has 0 aliphatic rings. The summed E-state index contributed by atoms with van der Waals surface area (Å²) < 4.78 is 42.9. The predicted octanol–water partition coefficient (Wildman–Crippen LogP) is 2.16. The molecule has 2 N–H and O–H groups in total. The highest BCUT2D eigenvalue weighted by Crippen LogP contribution is 2.32. The number of nitrogens with zero attached hydrogens (tertiary/aromatic N) is 2. The van der Waals surface area contributed by atoms with Gasteiger partial charge in [0, 0.05) is 20.2 Å². The fourth-order valence-electron chi connectivity index (χ4n) is 1.36. The van der Waals surface area contributed by atoms with Crippen molar-refractivity contribution in [3.63, 3.8) is 0 Å². The second-order valence-electron chi connectivity index (χ2n) is 3.76. The van der Waals surface area contributed by atoms with Gasteiger partial charge in [0.05, 0.1) is 12.2 Å². The maximum Gasteiger partial charge on any atom is 0.416 e. The lowest BCUT2D eigenvalue weighted by Crippen LogP contribution is -2.24. The van der Waals surface area contributed by atoms with Crippen molar-refractivity contribution >= 4 is 11.6 Å². The average Bonchev–Trinajstić information content (AvgIpc) is 2.27. The first kappa shape index (κ1) is 14.6. The van der Waals surface area contributed by atoms with Crippen LogP contribution in [0.1, 0.15) is 12.5 Å². The number of anilines is 2. The monoisotopic (exact) mass is 263 g/mol. The van der Waals surface area contributed by atoms with Gasteiger partial charge < -0.3 is 15.4 Å². The largest absolute Gasteiger partial charge is 0.416 e. The van der Waals surface area contributed by atoms with Gasteiger partial charge >= 0.3 is 6.18 Å². The summed E-state index contributed by atoms with van der Waals surface area (Å²) in [6.45, 7) is 3.28. The van der Waals surface area contributed by atoms with Gasteiger partial charge in [0.15, 0.2) is 0 Å².